The summed E-state index contributed by atoms with van der Waals surface area (Å²) in [6.07, 6.45) is 3.64. The van der Waals surface area contributed by atoms with E-state index in [1.807, 2.05) is 24.3 Å². The number of carbonyl (C=O) groups excluding carboxylic acids is 3. The molecule has 4 amide bonds. The Morgan fingerprint density at radius 3 is 2.44 bits per heavy atom. The Hall–Kier alpha value is -2.57. The van der Waals surface area contributed by atoms with Gasteiger partial charge in [-0.1, -0.05) is 6.92 Å². The fourth-order valence-corrected chi connectivity index (χ4v) is 4.31. The summed E-state index contributed by atoms with van der Waals surface area (Å²) in [4.78, 5) is 40.7. The van der Waals surface area contributed by atoms with Crippen molar-refractivity contribution in [1.29, 1.82) is 0 Å². The lowest BCUT2D eigenvalue weighted by molar-refractivity contribution is -0.125. The summed E-state index contributed by atoms with van der Waals surface area (Å²) < 4.78 is 0. The van der Waals surface area contributed by atoms with E-state index in [-0.39, 0.29) is 18.4 Å². The number of anilines is 1. The molecule has 0 aliphatic carbocycles. The number of imide groups is 1. The van der Waals surface area contributed by atoms with Gasteiger partial charge in [0.15, 0.2) is 0 Å². The molecule has 1 spiro atoms. The second kappa shape index (κ2) is 6.87. The predicted molar refractivity (Wildman–Crippen MR) is 102 cm³/mol. The Morgan fingerprint density at radius 1 is 1.11 bits per heavy atom. The summed E-state index contributed by atoms with van der Waals surface area (Å²) in [6, 6.07) is 7.27. The van der Waals surface area contributed by atoms with E-state index in [9.17, 15) is 14.4 Å². The molecule has 3 fully saturated rings. The second-order valence-corrected chi connectivity index (χ2v) is 8.04. The van der Waals surface area contributed by atoms with Gasteiger partial charge in [0.1, 0.15) is 5.54 Å². The molecule has 3 aliphatic heterocycles. The van der Waals surface area contributed by atoms with Crippen molar-refractivity contribution >= 4 is 23.5 Å². The van der Waals surface area contributed by atoms with Gasteiger partial charge >= 0.3 is 6.03 Å². The molecular weight excluding hydrogens is 344 g/mol. The van der Waals surface area contributed by atoms with Crippen LogP contribution < -0.4 is 15.5 Å². The van der Waals surface area contributed by atoms with Gasteiger partial charge in [0.25, 0.3) is 11.8 Å². The Labute approximate surface area is 159 Å². The van der Waals surface area contributed by atoms with E-state index in [0.29, 0.717) is 24.9 Å². The van der Waals surface area contributed by atoms with Crippen molar-refractivity contribution < 1.29 is 14.4 Å². The van der Waals surface area contributed by atoms with E-state index in [2.05, 4.69) is 22.5 Å². The zero-order valence-electron chi connectivity index (χ0n) is 15.7. The first kappa shape index (κ1) is 17.8. The van der Waals surface area contributed by atoms with Gasteiger partial charge in [0.05, 0.1) is 6.54 Å². The van der Waals surface area contributed by atoms with Gasteiger partial charge in [0.2, 0.25) is 0 Å². The van der Waals surface area contributed by atoms with Crippen LogP contribution in [-0.2, 0) is 4.79 Å². The molecular formula is C20H26N4O3. The van der Waals surface area contributed by atoms with E-state index >= 15 is 0 Å². The zero-order chi connectivity index (χ0) is 19.0. The fraction of sp³-hybridized carbons (Fsp3) is 0.550. The topological polar surface area (TPSA) is 81.8 Å². The summed E-state index contributed by atoms with van der Waals surface area (Å²) in [5, 5.41) is 5.00. The number of nitrogens with one attached hydrogen (secondary N) is 2. The molecule has 27 heavy (non-hydrogen) atoms. The number of carbonyl (C=O) groups is 3. The summed E-state index contributed by atoms with van der Waals surface area (Å²) in [6.45, 7) is 5.21. The van der Waals surface area contributed by atoms with Gasteiger partial charge in [0, 0.05) is 30.9 Å². The maximum Gasteiger partial charge on any atom is 0.322 e. The van der Waals surface area contributed by atoms with E-state index in [1.165, 1.54) is 12.8 Å². The van der Waals surface area contributed by atoms with Crippen LogP contribution in [0.5, 0.6) is 0 Å². The highest BCUT2D eigenvalue weighted by atomic mass is 16.2. The summed E-state index contributed by atoms with van der Waals surface area (Å²) >= 11 is 0. The number of likely N-dealkylation sites (tertiary alicyclic amines) is 1. The third kappa shape index (κ3) is 3.38. The van der Waals surface area contributed by atoms with Crippen LogP contribution >= 0.6 is 0 Å². The molecule has 1 aromatic rings. The lowest BCUT2D eigenvalue weighted by Gasteiger charge is -2.38. The van der Waals surface area contributed by atoms with Crippen LogP contribution in [0.3, 0.4) is 0 Å². The molecule has 0 aromatic heterocycles. The molecule has 1 aromatic carbocycles. The molecule has 4 rings (SSSR count). The highest BCUT2D eigenvalue weighted by Crippen LogP contribution is 2.27. The van der Waals surface area contributed by atoms with Gasteiger partial charge in [-0.3, -0.25) is 14.9 Å². The summed E-state index contributed by atoms with van der Waals surface area (Å²) in [5.41, 5.74) is 0.789. The molecule has 0 bridgehead atoms. The molecule has 7 heteroatoms. The van der Waals surface area contributed by atoms with Crippen molar-refractivity contribution in [2.24, 2.45) is 5.92 Å². The van der Waals surface area contributed by atoms with Crippen LogP contribution in [0.2, 0.25) is 0 Å². The highest BCUT2D eigenvalue weighted by molar-refractivity contribution is 6.07. The maximum absolute atomic E-state index is 12.9. The average molecular weight is 370 g/mol. The van der Waals surface area contributed by atoms with Crippen molar-refractivity contribution in [3.8, 4) is 0 Å². The zero-order valence-corrected chi connectivity index (χ0v) is 15.7. The van der Waals surface area contributed by atoms with Gasteiger partial charge in [-0.25, -0.2) is 4.79 Å². The third-order valence-corrected chi connectivity index (χ3v) is 6.06. The molecule has 3 aliphatic rings. The largest absolute Gasteiger partial charge is 0.372 e. The SMILES string of the molecule is CC1CCN(c2ccc(C(=O)N3CCCC4(C3)NC(=O)NC4=O)cc2)CC1. The minimum Gasteiger partial charge on any atom is -0.372 e. The van der Waals surface area contributed by atoms with E-state index in [4.69, 9.17) is 0 Å². The number of amides is 4. The van der Waals surface area contributed by atoms with Gasteiger partial charge < -0.3 is 15.1 Å². The molecule has 2 N–H and O–H groups in total. The predicted octanol–water partition coefficient (Wildman–Crippen LogP) is 1.74. The van der Waals surface area contributed by atoms with Crippen molar-refractivity contribution in [3.05, 3.63) is 29.8 Å². The van der Waals surface area contributed by atoms with Crippen molar-refractivity contribution in [3.63, 3.8) is 0 Å². The minimum absolute atomic E-state index is 0.0955. The molecule has 1 unspecified atom stereocenters. The number of urea groups is 1. The van der Waals surface area contributed by atoms with Crippen LogP contribution in [0.1, 0.15) is 43.0 Å². The fourth-order valence-electron chi connectivity index (χ4n) is 4.31. The van der Waals surface area contributed by atoms with Gasteiger partial charge in [-0.05, 0) is 55.9 Å². The monoisotopic (exact) mass is 370 g/mol. The van der Waals surface area contributed by atoms with E-state index < -0.39 is 11.6 Å². The first-order valence-corrected chi connectivity index (χ1v) is 9.75. The van der Waals surface area contributed by atoms with Crippen molar-refractivity contribution in [2.45, 2.75) is 38.1 Å². The number of nitrogens with zero attached hydrogens (tertiary/aromatic N) is 2. The number of piperidine rings is 2. The third-order valence-electron chi connectivity index (χ3n) is 6.06. The van der Waals surface area contributed by atoms with Gasteiger partial charge in [-0.15, -0.1) is 0 Å². The Bertz CT molecular complexity index is 755. The normalized spacial score (nSPS) is 26.3. The summed E-state index contributed by atoms with van der Waals surface area (Å²) in [5.74, 6) is 0.350. The van der Waals surface area contributed by atoms with Crippen LogP contribution in [-0.4, -0.2) is 54.5 Å². The number of hydrogen-bond donors (Lipinski definition) is 2. The number of hydrogen-bond acceptors (Lipinski definition) is 4. The smallest absolute Gasteiger partial charge is 0.322 e. The molecule has 3 heterocycles. The Balaban J connectivity index is 1.45. The van der Waals surface area contributed by atoms with E-state index in [0.717, 1.165) is 24.7 Å². The van der Waals surface area contributed by atoms with Crippen LogP contribution in [0.15, 0.2) is 24.3 Å². The lowest BCUT2D eigenvalue weighted by atomic mass is 9.89. The molecule has 0 radical (unpaired) electrons. The highest BCUT2D eigenvalue weighted by Gasteiger charge is 2.49. The van der Waals surface area contributed by atoms with E-state index in [1.54, 1.807) is 4.90 Å². The van der Waals surface area contributed by atoms with Crippen LogP contribution in [0.4, 0.5) is 10.5 Å². The van der Waals surface area contributed by atoms with Crippen LogP contribution in [0.25, 0.3) is 0 Å². The standard InChI is InChI=1S/C20H26N4O3/c1-14-7-11-23(12-8-14)16-5-3-15(4-6-16)17(25)24-10-2-9-20(13-24)18(26)21-19(27)22-20/h3-6,14H,2,7-13H2,1H3,(H2,21,22,26,27). The van der Waals surface area contributed by atoms with Gasteiger partial charge in [-0.2, -0.15) is 0 Å². The second-order valence-electron chi connectivity index (χ2n) is 8.04. The molecule has 1 atom stereocenters. The Kier molecular flexibility index (Phi) is 4.53. The molecule has 7 nitrogen and oxygen atoms in total. The lowest BCUT2D eigenvalue weighted by Crippen LogP contribution is -2.59. The molecule has 144 valence electrons. The maximum atomic E-state index is 12.9. The van der Waals surface area contributed by atoms with Crippen molar-refractivity contribution in [2.75, 3.05) is 31.1 Å². The molecule has 3 saturated heterocycles. The van der Waals surface area contributed by atoms with Crippen molar-refractivity contribution in [1.82, 2.24) is 15.5 Å². The number of rotatable bonds is 2. The molecule has 0 saturated carbocycles. The average Bonchev–Trinajstić information content (AvgIpc) is 2.94. The Morgan fingerprint density at radius 2 is 1.81 bits per heavy atom. The van der Waals surface area contributed by atoms with Crippen LogP contribution in [0, 0.1) is 5.92 Å². The first-order valence-electron chi connectivity index (χ1n) is 9.75. The number of benzene rings is 1. The summed E-state index contributed by atoms with van der Waals surface area (Å²) in [7, 11) is 0. The quantitative estimate of drug-likeness (QED) is 0.777. The first-order chi connectivity index (χ1) is 13.0. The minimum atomic E-state index is -0.977.